The normalized spacial score (nSPS) is 16.8. The molecule has 0 unspecified atom stereocenters. The number of carbonyl (C=O) groups is 1. The summed E-state index contributed by atoms with van der Waals surface area (Å²) in [5.74, 6) is -0.880. The van der Waals surface area contributed by atoms with Crippen LogP contribution in [-0.4, -0.2) is 25.2 Å². The van der Waals surface area contributed by atoms with Gasteiger partial charge >= 0.3 is 0 Å². The fourth-order valence-electron chi connectivity index (χ4n) is 3.96. The third-order valence-electron chi connectivity index (χ3n) is 5.68. The standard InChI is InChI=1S/C26H25NO3S/c1-20-12-15-23(16-13-20)31(29,30)27-19-18-24(22-10-6-3-7-11-22)25(26(27)28)17-14-21-8-4-2-5-9-21/h2-13,15-16,18,25H,14,17,19H2,1H3/t25-/m1/s1. The minimum atomic E-state index is -3.91. The molecule has 3 aromatic carbocycles. The number of amides is 1. The quantitative estimate of drug-likeness (QED) is 0.560. The molecule has 0 aromatic heterocycles. The van der Waals surface area contributed by atoms with Crippen LogP contribution in [-0.2, 0) is 21.2 Å². The van der Waals surface area contributed by atoms with E-state index >= 15 is 0 Å². The molecule has 0 fully saturated rings. The lowest BCUT2D eigenvalue weighted by Gasteiger charge is -2.32. The molecule has 0 radical (unpaired) electrons. The molecular formula is C26H25NO3S. The summed E-state index contributed by atoms with van der Waals surface area (Å²) in [6.07, 6.45) is 3.13. The highest BCUT2D eigenvalue weighted by Gasteiger charge is 2.38. The predicted octanol–water partition coefficient (Wildman–Crippen LogP) is 4.86. The van der Waals surface area contributed by atoms with E-state index < -0.39 is 15.9 Å². The number of rotatable bonds is 6. The lowest BCUT2D eigenvalue weighted by atomic mass is 9.85. The zero-order valence-corrected chi connectivity index (χ0v) is 18.3. The summed E-state index contributed by atoms with van der Waals surface area (Å²) >= 11 is 0. The molecule has 4 rings (SSSR count). The van der Waals surface area contributed by atoms with Crippen molar-refractivity contribution >= 4 is 21.5 Å². The van der Waals surface area contributed by atoms with Crippen LogP contribution in [0.25, 0.3) is 5.57 Å². The first-order valence-electron chi connectivity index (χ1n) is 10.4. The van der Waals surface area contributed by atoms with Crippen LogP contribution in [0.4, 0.5) is 0 Å². The number of sulfonamides is 1. The van der Waals surface area contributed by atoms with E-state index in [1.807, 2.05) is 73.7 Å². The van der Waals surface area contributed by atoms with Gasteiger partial charge in [-0.3, -0.25) is 4.79 Å². The molecule has 1 amide bonds. The Morgan fingerprint density at radius 1 is 0.871 bits per heavy atom. The summed E-state index contributed by atoms with van der Waals surface area (Å²) in [4.78, 5) is 13.7. The summed E-state index contributed by atoms with van der Waals surface area (Å²) in [5, 5.41) is 0. The molecule has 0 bridgehead atoms. The van der Waals surface area contributed by atoms with Crippen LogP contribution in [0, 0.1) is 12.8 Å². The van der Waals surface area contributed by atoms with Crippen LogP contribution >= 0.6 is 0 Å². The van der Waals surface area contributed by atoms with Crippen molar-refractivity contribution in [3.63, 3.8) is 0 Å². The average Bonchev–Trinajstić information content (AvgIpc) is 2.79. The van der Waals surface area contributed by atoms with Crippen LogP contribution in [0.15, 0.2) is 95.9 Å². The Kier molecular flexibility index (Phi) is 6.05. The van der Waals surface area contributed by atoms with Gasteiger partial charge in [-0.15, -0.1) is 0 Å². The van der Waals surface area contributed by atoms with Gasteiger partial charge in [-0.05, 0) is 48.6 Å². The van der Waals surface area contributed by atoms with Gasteiger partial charge in [-0.25, -0.2) is 12.7 Å². The molecule has 1 atom stereocenters. The SMILES string of the molecule is Cc1ccc(S(=O)(=O)N2CC=C(c3ccccc3)[C@@H](CCc3ccccc3)C2=O)cc1. The predicted molar refractivity (Wildman–Crippen MR) is 123 cm³/mol. The summed E-state index contributed by atoms with van der Waals surface area (Å²) in [6, 6.07) is 26.3. The van der Waals surface area contributed by atoms with E-state index in [4.69, 9.17) is 0 Å². The summed E-state index contributed by atoms with van der Waals surface area (Å²) in [6.45, 7) is 1.94. The second-order valence-corrected chi connectivity index (χ2v) is 9.65. The smallest absolute Gasteiger partial charge is 0.266 e. The number of aryl methyl sites for hydroxylation is 2. The maximum Gasteiger partial charge on any atom is 0.266 e. The third kappa shape index (κ3) is 4.47. The molecule has 4 nitrogen and oxygen atoms in total. The lowest BCUT2D eigenvalue weighted by Crippen LogP contribution is -2.44. The Balaban J connectivity index is 1.68. The van der Waals surface area contributed by atoms with Gasteiger partial charge in [0, 0.05) is 0 Å². The maximum atomic E-state index is 13.5. The van der Waals surface area contributed by atoms with Crippen molar-refractivity contribution in [1.82, 2.24) is 4.31 Å². The first-order chi connectivity index (χ1) is 15.0. The van der Waals surface area contributed by atoms with Crippen LogP contribution in [0.5, 0.6) is 0 Å². The number of hydrogen-bond acceptors (Lipinski definition) is 3. The fourth-order valence-corrected chi connectivity index (χ4v) is 5.33. The highest BCUT2D eigenvalue weighted by atomic mass is 32.2. The summed E-state index contributed by atoms with van der Waals surface area (Å²) in [5.41, 5.74) is 3.95. The third-order valence-corrected chi connectivity index (χ3v) is 7.45. The summed E-state index contributed by atoms with van der Waals surface area (Å²) < 4.78 is 27.5. The number of carbonyl (C=O) groups excluding carboxylic acids is 1. The topological polar surface area (TPSA) is 54.5 Å². The van der Waals surface area contributed by atoms with Crippen LogP contribution in [0.2, 0.25) is 0 Å². The van der Waals surface area contributed by atoms with E-state index in [0.717, 1.165) is 26.6 Å². The monoisotopic (exact) mass is 431 g/mol. The number of hydrogen-bond donors (Lipinski definition) is 0. The largest absolute Gasteiger partial charge is 0.273 e. The second-order valence-electron chi connectivity index (χ2n) is 7.79. The zero-order valence-electron chi connectivity index (χ0n) is 17.4. The summed E-state index contributed by atoms with van der Waals surface area (Å²) in [7, 11) is -3.91. The van der Waals surface area contributed by atoms with Gasteiger partial charge in [0.25, 0.3) is 10.0 Å². The van der Waals surface area contributed by atoms with Crippen molar-refractivity contribution in [2.75, 3.05) is 6.54 Å². The highest BCUT2D eigenvalue weighted by Crippen LogP contribution is 2.34. The Bertz CT molecular complexity index is 1180. The van der Waals surface area contributed by atoms with Gasteiger partial charge in [0.1, 0.15) is 0 Å². The van der Waals surface area contributed by atoms with Gasteiger partial charge in [-0.1, -0.05) is 84.4 Å². The van der Waals surface area contributed by atoms with E-state index in [9.17, 15) is 13.2 Å². The minimum absolute atomic E-state index is 0.0428. The molecule has 1 heterocycles. The zero-order chi connectivity index (χ0) is 21.8. The average molecular weight is 432 g/mol. The van der Waals surface area contributed by atoms with Crippen molar-refractivity contribution in [2.45, 2.75) is 24.7 Å². The second kappa shape index (κ2) is 8.90. The fraction of sp³-hybridized carbons (Fsp3) is 0.192. The van der Waals surface area contributed by atoms with E-state index in [-0.39, 0.29) is 17.3 Å². The molecule has 0 N–H and O–H groups in total. The van der Waals surface area contributed by atoms with Gasteiger partial charge in [0.2, 0.25) is 5.91 Å². The lowest BCUT2D eigenvalue weighted by molar-refractivity contribution is -0.129. The minimum Gasteiger partial charge on any atom is -0.273 e. The first-order valence-corrected chi connectivity index (χ1v) is 11.8. The van der Waals surface area contributed by atoms with Gasteiger partial charge < -0.3 is 0 Å². The first kappa shape index (κ1) is 21.1. The molecule has 3 aromatic rings. The van der Waals surface area contributed by atoms with Crippen LogP contribution < -0.4 is 0 Å². The number of nitrogens with zero attached hydrogens (tertiary/aromatic N) is 1. The van der Waals surface area contributed by atoms with Crippen molar-refractivity contribution in [3.8, 4) is 0 Å². The van der Waals surface area contributed by atoms with Gasteiger partial charge in [0.15, 0.2) is 0 Å². The highest BCUT2D eigenvalue weighted by molar-refractivity contribution is 7.89. The molecule has 1 aliphatic rings. The molecular weight excluding hydrogens is 406 g/mol. The van der Waals surface area contributed by atoms with Crippen LogP contribution in [0.3, 0.4) is 0 Å². The van der Waals surface area contributed by atoms with Gasteiger partial charge in [0.05, 0.1) is 17.4 Å². The van der Waals surface area contributed by atoms with Crippen molar-refractivity contribution in [1.29, 1.82) is 0 Å². The Morgan fingerprint density at radius 2 is 1.48 bits per heavy atom. The van der Waals surface area contributed by atoms with Crippen molar-refractivity contribution in [3.05, 3.63) is 108 Å². The van der Waals surface area contributed by atoms with Crippen molar-refractivity contribution in [2.24, 2.45) is 5.92 Å². The molecule has 158 valence electrons. The Labute approximate surface area is 183 Å². The van der Waals surface area contributed by atoms with E-state index in [1.165, 1.54) is 0 Å². The molecule has 5 heteroatoms. The van der Waals surface area contributed by atoms with E-state index in [2.05, 4.69) is 0 Å². The Hall–Kier alpha value is -3.18. The maximum absolute atomic E-state index is 13.5. The molecule has 0 saturated carbocycles. The van der Waals surface area contributed by atoms with Gasteiger partial charge in [-0.2, -0.15) is 0 Å². The number of benzene rings is 3. The Morgan fingerprint density at radius 3 is 2.13 bits per heavy atom. The van der Waals surface area contributed by atoms with E-state index in [1.54, 1.807) is 24.3 Å². The molecule has 0 saturated heterocycles. The van der Waals surface area contributed by atoms with Crippen LogP contribution in [0.1, 0.15) is 23.1 Å². The molecule has 31 heavy (non-hydrogen) atoms. The van der Waals surface area contributed by atoms with E-state index in [0.29, 0.717) is 12.8 Å². The van der Waals surface area contributed by atoms with Crippen molar-refractivity contribution < 1.29 is 13.2 Å². The molecule has 1 aliphatic heterocycles. The molecule has 0 aliphatic carbocycles. The molecule has 0 spiro atoms.